The van der Waals surface area contributed by atoms with E-state index in [0.29, 0.717) is 0 Å². The molecule has 0 heterocycles. The van der Waals surface area contributed by atoms with Crippen LogP contribution in [0.25, 0.3) is 0 Å². The van der Waals surface area contributed by atoms with Crippen molar-refractivity contribution in [3.63, 3.8) is 0 Å². The zero-order chi connectivity index (χ0) is 12.7. The number of hydrogen-bond donors (Lipinski definition) is 2. The maximum atomic E-state index is 8.61. The van der Waals surface area contributed by atoms with Gasteiger partial charge in [-0.05, 0) is 37.1 Å². The van der Waals surface area contributed by atoms with Gasteiger partial charge >= 0.3 is 0 Å². The van der Waals surface area contributed by atoms with Crippen molar-refractivity contribution in [1.82, 2.24) is 0 Å². The molecule has 0 aliphatic carbocycles. The van der Waals surface area contributed by atoms with Crippen molar-refractivity contribution in [2.45, 2.75) is 33.1 Å². The first kappa shape index (κ1) is 13.4. The quantitative estimate of drug-likeness (QED) is 0.262. The number of nitrogens with two attached hydrogens (primary N) is 1. The summed E-state index contributed by atoms with van der Waals surface area (Å²) in [6, 6.07) is 5.55. The lowest BCUT2D eigenvalue weighted by Gasteiger charge is -2.09. The molecule has 0 saturated carbocycles. The molecule has 0 spiro atoms. The molecule has 17 heavy (non-hydrogen) atoms. The van der Waals surface area contributed by atoms with E-state index in [2.05, 4.69) is 12.1 Å². The summed E-state index contributed by atoms with van der Waals surface area (Å²) >= 11 is 0. The van der Waals surface area contributed by atoms with Gasteiger partial charge in [-0.25, -0.2) is 0 Å². The third-order valence-corrected chi connectivity index (χ3v) is 2.60. The molecule has 0 aliphatic heterocycles. The van der Waals surface area contributed by atoms with Gasteiger partial charge < -0.3 is 15.7 Å². The molecule has 4 heteroatoms. The van der Waals surface area contributed by atoms with E-state index in [-0.39, 0.29) is 5.84 Å². The van der Waals surface area contributed by atoms with Gasteiger partial charge in [0.15, 0.2) is 5.84 Å². The van der Waals surface area contributed by atoms with Crippen LogP contribution in [-0.2, 0) is 0 Å². The number of rotatable bonds is 6. The fourth-order valence-electron chi connectivity index (χ4n) is 1.61. The van der Waals surface area contributed by atoms with E-state index < -0.39 is 0 Å². The summed E-state index contributed by atoms with van der Waals surface area (Å²) in [5.41, 5.74) is 7.21. The molecular formula is C13H20N2O2. The second-order valence-electron chi connectivity index (χ2n) is 4.02. The van der Waals surface area contributed by atoms with Gasteiger partial charge in [0, 0.05) is 5.56 Å². The third kappa shape index (κ3) is 3.98. The molecule has 4 nitrogen and oxygen atoms in total. The average Bonchev–Trinajstić information content (AvgIpc) is 2.34. The van der Waals surface area contributed by atoms with Crippen LogP contribution in [0.2, 0.25) is 0 Å². The first-order valence-electron chi connectivity index (χ1n) is 5.90. The molecule has 1 aromatic carbocycles. The first-order chi connectivity index (χ1) is 8.19. The number of aryl methyl sites for hydroxylation is 1. The van der Waals surface area contributed by atoms with E-state index in [1.807, 2.05) is 19.1 Å². The van der Waals surface area contributed by atoms with Crippen LogP contribution in [0.15, 0.2) is 23.4 Å². The molecule has 0 amide bonds. The van der Waals surface area contributed by atoms with Crippen LogP contribution >= 0.6 is 0 Å². The number of amidine groups is 1. The highest BCUT2D eigenvalue weighted by atomic mass is 16.5. The third-order valence-electron chi connectivity index (χ3n) is 2.60. The SMILES string of the molecule is CCCCCOc1ccc(/C(N)=N/O)c(C)c1. The summed E-state index contributed by atoms with van der Waals surface area (Å²) in [6.07, 6.45) is 3.43. The van der Waals surface area contributed by atoms with Crippen LogP contribution in [0.5, 0.6) is 5.75 Å². The molecule has 3 N–H and O–H groups in total. The molecule has 0 aliphatic rings. The number of unbranched alkanes of at least 4 members (excludes halogenated alkanes) is 2. The zero-order valence-electron chi connectivity index (χ0n) is 10.4. The number of hydrogen-bond acceptors (Lipinski definition) is 3. The topological polar surface area (TPSA) is 67.8 Å². The Morgan fingerprint density at radius 3 is 2.76 bits per heavy atom. The standard InChI is InChI=1S/C13H20N2O2/c1-3-4-5-8-17-11-6-7-12(10(2)9-11)13(14)15-16/h6-7,9,16H,3-5,8H2,1-2H3,(H2,14,15). The highest BCUT2D eigenvalue weighted by Gasteiger charge is 2.04. The Balaban J connectivity index is 2.63. The highest BCUT2D eigenvalue weighted by molar-refractivity contribution is 5.98. The number of oxime groups is 1. The minimum absolute atomic E-state index is 0.125. The van der Waals surface area contributed by atoms with Crippen molar-refractivity contribution < 1.29 is 9.94 Å². The summed E-state index contributed by atoms with van der Waals surface area (Å²) in [5, 5.41) is 11.6. The molecule has 0 unspecified atom stereocenters. The largest absolute Gasteiger partial charge is 0.494 e. The molecule has 0 saturated heterocycles. The van der Waals surface area contributed by atoms with Gasteiger partial charge in [0.05, 0.1) is 6.61 Å². The Hall–Kier alpha value is -1.71. The van der Waals surface area contributed by atoms with Crippen molar-refractivity contribution in [1.29, 1.82) is 0 Å². The van der Waals surface area contributed by atoms with Crippen molar-refractivity contribution in [2.24, 2.45) is 10.9 Å². The predicted molar refractivity (Wildman–Crippen MR) is 68.7 cm³/mol. The van der Waals surface area contributed by atoms with E-state index in [4.69, 9.17) is 15.7 Å². The van der Waals surface area contributed by atoms with Crippen LogP contribution in [0.1, 0.15) is 37.3 Å². The lowest BCUT2D eigenvalue weighted by molar-refractivity contribution is 0.306. The Morgan fingerprint density at radius 1 is 1.41 bits per heavy atom. The smallest absolute Gasteiger partial charge is 0.170 e. The predicted octanol–water partition coefficient (Wildman–Crippen LogP) is 2.66. The molecule has 1 aromatic rings. The van der Waals surface area contributed by atoms with Gasteiger partial charge in [-0.2, -0.15) is 0 Å². The van der Waals surface area contributed by atoms with E-state index in [0.717, 1.165) is 29.9 Å². The van der Waals surface area contributed by atoms with Crippen molar-refractivity contribution in [3.8, 4) is 5.75 Å². The fourth-order valence-corrected chi connectivity index (χ4v) is 1.61. The summed E-state index contributed by atoms with van der Waals surface area (Å²) in [4.78, 5) is 0. The van der Waals surface area contributed by atoms with Crippen molar-refractivity contribution in [3.05, 3.63) is 29.3 Å². The summed E-state index contributed by atoms with van der Waals surface area (Å²) in [5.74, 6) is 0.952. The van der Waals surface area contributed by atoms with Crippen molar-refractivity contribution >= 4 is 5.84 Å². The van der Waals surface area contributed by atoms with Gasteiger partial charge in [-0.1, -0.05) is 24.9 Å². The number of nitrogens with zero attached hydrogens (tertiary/aromatic N) is 1. The minimum Gasteiger partial charge on any atom is -0.494 e. The molecule has 0 atom stereocenters. The van der Waals surface area contributed by atoms with E-state index in [1.54, 1.807) is 6.07 Å². The molecule has 0 fully saturated rings. The molecule has 1 rings (SSSR count). The number of ether oxygens (including phenoxy) is 1. The maximum absolute atomic E-state index is 8.61. The molecule has 94 valence electrons. The first-order valence-corrected chi connectivity index (χ1v) is 5.90. The van der Waals surface area contributed by atoms with Crippen LogP contribution < -0.4 is 10.5 Å². The lowest BCUT2D eigenvalue weighted by atomic mass is 10.1. The van der Waals surface area contributed by atoms with Gasteiger partial charge in [-0.15, -0.1) is 0 Å². The molecule has 0 bridgehead atoms. The molecular weight excluding hydrogens is 216 g/mol. The van der Waals surface area contributed by atoms with Crippen LogP contribution in [-0.4, -0.2) is 17.6 Å². The van der Waals surface area contributed by atoms with Crippen LogP contribution in [0, 0.1) is 6.92 Å². The van der Waals surface area contributed by atoms with Gasteiger partial charge in [0.25, 0.3) is 0 Å². The summed E-state index contributed by atoms with van der Waals surface area (Å²) in [7, 11) is 0. The molecule has 0 aromatic heterocycles. The highest BCUT2D eigenvalue weighted by Crippen LogP contribution is 2.17. The summed E-state index contributed by atoms with van der Waals surface area (Å²) < 4.78 is 5.61. The Kier molecular flexibility index (Phi) is 5.33. The average molecular weight is 236 g/mol. The van der Waals surface area contributed by atoms with E-state index >= 15 is 0 Å². The summed E-state index contributed by atoms with van der Waals surface area (Å²) in [6.45, 7) is 4.80. The van der Waals surface area contributed by atoms with Gasteiger partial charge in [-0.3, -0.25) is 0 Å². The normalized spacial score (nSPS) is 11.5. The Bertz CT molecular complexity index is 389. The van der Waals surface area contributed by atoms with Crippen molar-refractivity contribution in [2.75, 3.05) is 6.61 Å². The zero-order valence-corrected chi connectivity index (χ0v) is 10.4. The number of benzene rings is 1. The van der Waals surface area contributed by atoms with Gasteiger partial charge in [0.1, 0.15) is 5.75 Å². The maximum Gasteiger partial charge on any atom is 0.170 e. The minimum atomic E-state index is 0.125. The van der Waals surface area contributed by atoms with Gasteiger partial charge in [0.2, 0.25) is 0 Å². The lowest BCUT2D eigenvalue weighted by Crippen LogP contribution is -2.14. The Labute approximate surface area is 102 Å². The van der Waals surface area contributed by atoms with E-state index in [1.165, 1.54) is 12.8 Å². The second kappa shape index (κ2) is 6.78. The van der Waals surface area contributed by atoms with E-state index in [9.17, 15) is 0 Å². The van der Waals surface area contributed by atoms with Crippen LogP contribution in [0.3, 0.4) is 0 Å². The van der Waals surface area contributed by atoms with Crippen LogP contribution in [0.4, 0.5) is 0 Å². The molecule has 0 radical (unpaired) electrons. The monoisotopic (exact) mass is 236 g/mol. The second-order valence-corrected chi connectivity index (χ2v) is 4.02. The Morgan fingerprint density at radius 2 is 2.18 bits per heavy atom. The fraction of sp³-hybridized carbons (Fsp3) is 0.462.